The van der Waals surface area contributed by atoms with Crippen molar-refractivity contribution in [3.8, 4) is 0 Å². The number of sulfone groups is 1. The lowest BCUT2D eigenvalue weighted by Gasteiger charge is -2.28. The molecule has 1 fully saturated rings. The molecular formula is C28H26N4O5S. The number of fused-ring (bicyclic) bond motifs is 2. The Bertz CT molecular complexity index is 1830. The van der Waals surface area contributed by atoms with Gasteiger partial charge in [0.2, 0.25) is 0 Å². The van der Waals surface area contributed by atoms with Gasteiger partial charge in [0.05, 0.1) is 22.9 Å². The minimum absolute atomic E-state index is 0.146. The molecule has 4 aromatic rings. The molecule has 10 heteroatoms. The number of carbonyl (C=O) groups excluding carboxylic acids is 2. The Balaban J connectivity index is 1.37. The summed E-state index contributed by atoms with van der Waals surface area (Å²) in [7, 11) is -1.40. The number of nitrogens with one attached hydrogen (secondary N) is 3. The Kier molecular flexibility index (Phi) is 5.71. The molecule has 1 aliphatic heterocycles. The van der Waals surface area contributed by atoms with Gasteiger partial charge in [0.25, 0.3) is 17.4 Å². The Morgan fingerprint density at radius 3 is 2.55 bits per heavy atom. The molecule has 0 unspecified atom stereocenters. The van der Waals surface area contributed by atoms with Crippen LogP contribution in [0.25, 0.3) is 21.8 Å². The number of aryl methyl sites for hydroxylation is 1. The third-order valence-corrected chi connectivity index (χ3v) is 8.85. The highest BCUT2D eigenvalue weighted by atomic mass is 32.2. The molecule has 3 heterocycles. The highest BCUT2D eigenvalue weighted by Crippen LogP contribution is 2.40. The molecule has 38 heavy (non-hydrogen) atoms. The van der Waals surface area contributed by atoms with E-state index in [0.717, 1.165) is 41.1 Å². The average Bonchev–Trinajstić information content (AvgIpc) is 3.37. The second kappa shape index (κ2) is 8.98. The second-order valence-corrected chi connectivity index (χ2v) is 12.0. The van der Waals surface area contributed by atoms with Crippen LogP contribution >= 0.6 is 0 Å². The van der Waals surface area contributed by atoms with E-state index in [4.69, 9.17) is 0 Å². The molecule has 2 aromatic carbocycles. The van der Waals surface area contributed by atoms with E-state index >= 15 is 0 Å². The first-order chi connectivity index (χ1) is 18.2. The third kappa shape index (κ3) is 4.30. The number of aromatic nitrogens is 2. The van der Waals surface area contributed by atoms with Crippen molar-refractivity contribution in [1.29, 1.82) is 0 Å². The monoisotopic (exact) mass is 530 g/mol. The van der Waals surface area contributed by atoms with E-state index in [1.165, 1.54) is 12.1 Å². The molecule has 3 N–H and O–H groups in total. The van der Waals surface area contributed by atoms with Crippen LogP contribution < -0.4 is 16.2 Å². The first-order valence-corrected chi connectivity index (χ1v) is 14.2. The maximum Gasteiger partial charge on any atom is 0.261 e. The summed E-state index contributed by atoms with van der Waals surface area (Å²) in [5.74, 6) is -1.03. The number of carbonyl (C=O) groups is 2. The predicted molar refractivity (Wildman–Crippen MR) is 146 cm³/mol. The molecule has 1 atom stereocenters. The van der Waals surface area contributed by atoms with Crippen LogP contribution in [0.4, 0.5) is 5.69 Å². The van der Waals surface area contributed by atoms with Crippen LogP contribution in [0.5, 0.6) is 0 Å². The van der Waals surface area contributed by atoms with Crippen molar-refractivity contribution in [2.24, 2.45) is 7.05 Å². The minimum Gasteiger partial charge on any atom is -0.351 e. The summed E-state index contributed by atoms with van der Waals surface area (Å²) in [6.45, 7) is 0. The number of hydrogen-bond acceptors (Lipinski definition) is 5. The topological polar surface area (TPSA) is 130 Å². The van der Waals surface area contributed by atoms with Gasteiger partial charge in [0.1, 0.15) is 5.56 Å². The summed E-state index contributed by atoms with van der Waals surface area (Å²) in [6, 6.07) is 12.1. The van der Waals surface area contributed by atoms with Gasteiger partial charge < -0.3 is 20.2 Å². The number of aromatic amines is 1. The Labute approximate surface area is 218 Å². The van der Waals surface area contributed by atoms with Gasteiger partial charge in [-0.15, -0.1) is 0 Å². The van der Waals surface area contributed by atoms with E-state index in [1.54, 1.807) is 0 Å². The standard InChI is InChI=1S/C28H26N4O5S/c1-32-11-9-17-13-19(6-8-23(17)32)29-28(35)24-21(16-3-2-4-16)7-5-18-14-22(27(34)31-25(18)24)26(33)30-20-10-12-38(36,37)15-20/h5-14,16,20H,2-4,15H2,1H3,(H,29,35)(H,30,33)(H,31,34)/t20-/m1/s1. The maximum absolute atomic E-state index is 13.7. The molecule has 2 aromatic heterocycles. The van der Waals surface area contributed by atoms with Crippen LogP contribution in [0.3, 0.4) is 0 Å². The number of nitrogens with zero attached hydrogens (tertiary/aromatic N) is 1. The lowest BCUT2D eigenvalue weighted by molar-refractivity contribution is 0.0945. The van der Waals surface area contributed by atoms with Gasteiger partial charge in [-0.2, -0.15) is 0 Å². The summed E-state index contributed by atoms with van der Waals surface area (Å²) in [5.41, 5.74) is 2.54. The van der Waals surface area contributed by atoms with Gasteiger partial charge in [-0.05, 0) is 66.1 Å². The molecule has 0 saturated heterocycles. The van der Waals surface area contributed by atoms with Gasteiger partial charge in [0.15, 0.2) is 9.84 Å². The van der Waals surface area contributed by atoms with E-state index < -0.39 is 27.3 Å². The number of anilines is 1. The van der Waals surface area contributed by atoms with Crippen molar-refractivity contribution in [1.82, 2.24) is 14.9 Å². The Hall–Kier alpha value is -4.18. The lowest BCUT2D eigenvalue weighted by Crippen LogP contribution is -2.38. The SMILES string of the molecule is Cn1ccc2cc(NC(=O)c3c(C4CCC4)ccc4cc(C(=O)N[C@@H]5C=CS(=O)(=O)C5)c(=O)[nH]c34)ccc21. The first kappa shape index (κ1) is 24.2. The number of rotatable bonds is 5. The molecule has 0 spiro atoms. The summed E-state index contributed by atoms with van der Waals surface area (Å²) >= 11 is 0. The fourth-order valence-corrected chi connectivity index (χ4v) is 6.46. The van der Waals surface area contributed by atoms with Crippen molar-refractivity contribution in [3.63, 3.8) is 0 Å². The quantitative estimate of drug-likeness (QED) is 0.363. The van der Waals surface area contributed by atoms with Gasteiger partial charge in [-0.25, -0.2) is 8.42 Å². The van der Waals surface area contributed by atoms with E-state index in [9.17, 15) is 22.8 Å². The molecular weight excluding hydrogens is 504 g/mol. The molecule has 1 aliphatic carbocycles. The maximum atomic E-state index is 13.7. The predicted octanol–water partition coefficient (Wildman–Crippen LogP) is 3.58. The third-order valence-electron chi connectivity index (χ3n) is 7.46. The second-order valence-electron chi connectivity index (χ2n) is 10.0. The summed E-state index contributed by atoms with van der Waals surface area (Å²) in [6.07, 6.45) is 6.35. The molecule has 9 nitrogen and oxygen atoms in total. The Morgan fingerprint density at radius 1 is 1.03 bits per heavy atom. The average molecular weight is 531 g/mol. The van der Waals surface area contributed by atoms with Crippen LogP contribution in [-0.4, -0.2) is 41.6 Å². The van der Waals surface area contributed by atoms with Crippen LogP contribution in [0.2, 0.25) is 0 Å². The van der Waals surface area contributed by atoms with Crippen molar-refractivity contribution in [2.45, 2.75) is 31.2 Å². The zero-order valence-corrected chi connectivity index (χ0v) is 21.5. The largest absolute Gasteiger partial charge is 0.351 e. The molecule has 2 amide bonds. The molecule has 194 valence electrons. The molecule has 0 bridgehead atoms. The molecule has 2 aliphatic rings. The summed E-state index contributed by atoms with van der Waals surface area (Å²) < 4.78 is 25.3. The molecule has 6 rings (SSSR count). The van der Waals surface area contributed by atoms with Crippen LogP contribution in [0, 0.1) is 0 Å². The van der Waals surface area contributed by atoms with E-state index in [2.05, 4.69) is 15.6 Å². The first-order valence-electron chi connectivity index (χ1n) is 12.5. The van der Waals surface area contributed by atoms with E-state index in [0.29, 0.717) is 22.2 Å². The normalized spacial score (nSPS) is 18.5. The Morgan fingerprint density at radius 2 is 1.84 bits per heavy atom. The number of pyridine rings is 1. The van der Waals surface area contributed by atoms with Crippen LogP contribution in [0.1, 0.15) is 51.5 Å². The number of H-pyrrole nitrogens is 1. The van der Waals surface area contributed by atoms with Crippen molar-refractivity contribution in [2.75, 3.05) is 11.1 Å². The van der Waals surface area contributed by atoms with Crippen molar-refractivity contribution < 1.29 is 18.0 Å². The summed E-state index contributed by atoms with van der Waals surface area (Å²) in [4.78, 5) is 42.3. The van der Waals surface area contributed by atoms with Crippen molar-refractivity contribution in [3.05, 3.63) is 87.2 Å². The minimum atomic E-state index is -3.36. The zero-order valence-electron chi connectivity index (χ0n) is 20.7. The van der Waals surface area contributed by atoms with Crippen LogP contribution in [-0.2, 0) is 16.9 Å². The van der Waals surface area contributed by atoms with Gasteiger partial charge in [0, 0.05) is 35.2 Å². The van der Waals surface area contributed by atoms with Crippen LogP contribution in [0.15, 0.2) is 64.9 Å². The zero-order chi connectivity index (χ0) is 26.6. The lowest BCUT2D eigenvalue weighted by atomic mass is 9.77. The highest BCUT2D eigenvalue weighted by Gasteiger charge is 2.28. The number of amides is 2. The van der Waals surface area contributed by atoms with Crippen molar-refractivity contribution >= 4 is 49.1 Å². The molecule has 0 radical (unpaired) electrons. The fraction of sp³-hybridized carbons (Fsp3) is 0.250. The molecule has 1 saturated carbocycles. The van der Waals surface area contributed by atoms with E-state index in [-0.39, 0.29) is 23.1 Å². The van der Waals surface area contributed by atoms with Gasteiger partial charge in [-0.3, -0.25) is 14.4 Å². The smallest absolute Gasteiger partial charge is 0.261 e. The highest BCUT2D eigenvalue weighted by molar-refractivity contribution is 7.94. The van der Waals surface area contributed by atoms with E-state index in [1.807, 2.05) is 54.2 Å². The fourth-order valence-electron chi connectivity index (χ4n) is 5.23. The number of benzene rings is 2. The summed E-state index contributed by atoms with van der Waals surface area (Å²) in [5, 5.41) is 8.17. The van der Waals surface area contributed by atoms with Gasteiger partial charge in [-0.1, -0.05) is 18.6 Å². The number of hydrogen-bond donors (Lipinski definition) is 3. The van der Waals surface area contributed by atoms with Gasteiger partial charge >= 0.3 is 0 Å².